The predicted molar refractivity (Wildman–Crippen MR) is 67.4 cm³/mol. The van der Waals surface area contributed by atoms with E-state index in [4.69, 9.17) is 0 Å². The summed E-state index contributed by atoms with van der Waals surface area (Å²) in [6.45, 7) is 2.60. The summed E-state index contributed by atoms with van der Waals surface area (Å²) in [7, 11) is 0. The minimum Gasteiger partial charge on any atom is -0.284 e. The lowest BCUT2D eigenvalue weighted by atomic mass is 9.90. The van der Waals surface area contributed by atoms with Gasteiger partial charge in [0, 0.05) is 13.1 Å². The SMILES string of the molecule is O=C=NCN1CCC(Cc2ccccc2)CC1. The zero-order chi connectivity index (χ0) is 11.9. The van der Waals surface area contributed by atoms with Crippen LogP contribution in [0.1, 0.15) is 18.4 Å². The van der Waals surface area contributed by atoms with Crippen molar-refractivity contribution in [2.24, 2.45) is 10.9 Å². The number of rotatable bonds is 4. The van der Waals surface area contributed by atoms with Gasteiger partial charge in [-0.2, -0.15) is 4.99 Å². The summed E-state index contributed by atoms with van der Waals surface area (Å²) in [4.78, 5) is 15.9. The van der Waals surface area contributed by atoms with E-state index in [9.17, 15) is 4.79 Å². The summed E-state index contributed by atoms with van der Waals surface area (Å²) >= 11 is 0. The number of carbonyl (C=O) groups excluding carboxylic acids is 1. The quantitative estimate of drug-likeness (QED) is 0.587. The van der Waals surface area contributed by atoms with Gasteiger partial charge in [0.15, 0.2) is 0 Å². The van der Waals surface area contributed by atoms with Gasteiger partial charge < -0.3 is 0 Å². The van der Waals surface area contributed by atoms with Crippen molar-refractivity contribution in [1.82, 2.24) is 4.90 Å². The van der Waals surface area contributed by atoms with E-state index in [0.717, 1.165) is 19.0 Å². The van der Waals surface area contributed by atoms with Gasteiger partial charge in [-0.1, -0.05) is 30.3 Å². The molecule has 0 spiro atoms. The number of piperidine rings is 1. The van der Waals surface area contributed by atoms with E-state index in [-0.39, 0.29) is 0 Å². The van der Waals surface area contributed by atoms with Crippen LogP contribution in [0.25, 0.3) is 0 Å². The highest BCUT2D eigenvalue weighted by molar-refractivity contribution is 5.32. The molecule has 0 radical (unpaired) electrons. The van der Waals surface area contributed by atoms with Crippen LogP contribution in [0.3, 0.4) is 0 Å². The highest BCUT2D eigenvalue weighted by Gasteiger charge is 2.18. The molecule has 1 aromatic rings. The first kappa shape index (κ1) is 12.0. The molecular weight excluding hydrogens is 212 g/mol. The highest BCUT2D eigenvalue weighted by Crippen LogP contribution is 2.21. The maximum absolute atomic E-state index is 10.0. The Kier molecular flexibility index (Phi) is 4.48. The highest BCUT2D eigenvalue weighted by atomic mass is 16.1. The van der Waals surface area contributed by atoms with Crippen molar-refractivity contribution in [3.05, 3.63) is 35.9 Å². The molecule has 17 heavy (non-hydrogen) atoms. The standard InChI is InChI=1S/C14H18N2O/c17-12-15-11-16-8-6-14(7-9-16)10-13-4-2-1-3-5-13/h1-5,14H,6-11H2. The molecular formula is C14H18N2O. The fourth-order valence-electron chi connectivity index (χ4n) is 2.41. The van der Waals surface area contributed by atoms with Gasteiger partial charge in [0.25, 0.3) is 0 Å². The molecule has 1 aliphatic rings. The second-order valence-electron chi connectivity index (χ2n) is 4.64. The Labute approximate surface area is 102 Å². The van der Waals surface area contributed by atoms with Crippen molar-refractivity contribution in [3.8, 4) is 0 Å². The monoisotopic (exact) mass is 230 g/mol. The first-order valence-electron chi connectivity index (χ1n) is 6.18. The lowest BCUT2D eigenvalue weighted by Crippen LogP contribution is -2.34. The molecule has 90 valence electrons. The summed E-state index contributed by atoms with van der Waals surface area (Å²) in [6.07, 6.45) is 5.17. The maximum atomic E-state index is 10.0. The Balaban J connectivity index is 1.77. The number of hydrogen-bond acceptors (Lipinski definition) is 3. The van der Waals surface area contributed by atoms with Crippen LogP contribution in [0.5, 0.6) is 0 Å². The molecule has 0 unspecified atom stereocenters. The van der Waals surface area contributed by atoms with Crippen LogP contribution < -0.4 is 0 Å². The average molecular weight is 230 g/mol. The lowest BCUT2D eigenvalue weighted by molar-refractivity contribution is 0.189. The van der Waals surface area contributed by atoms with Gasteiger partial charge in [-0.05, 0) is 30.7 Å². The van der Waals surface area contributed by atoms with E-state index in [1.165, 1.54) is 24.8 Å². The number of nitrogens with zero attached hydrogens (tertiary/aromatic N) is 2. The topological polar surface area (TPSA) is 32.7 Å². The summed E-state index contributed by atoms with van der Waals surface area (Å²) in [5.41, 5.74) is 1.43. The van der Waals surface area contributed by atoms with Crippen molar-refractivity contribution in [2.75, 3.05) is 19.8 Å². The molecule has 0 saturated carbocycles. The van der Waals surface area contributed by atoms with Crippen molar-refractivity contribution in [3.63, 3.8) is 0 Å². The third-order valence-corrected chi connectivity index (χ3v) is 3.41. The Morgan fingerprint density at radius 3 is 2.59 bits per heavy atom. The van der Waals surface area contributed by atoms with Crippen LogP contribution in [0.4, 0.5) is 0 Å². The van der Waals surface area contributed by atoms with Gasteiger partial charge >= 0.3 is 0 Å². The van der Waals surface area contributed by atoms with E-state index in [1.54, 1.807) is 6.08 Å². The predicted octanol–water partition coefficient (Wildman–Crippen LogP) is 2.23. The average Bonchev–Trinajstić information content (AvgIpc) is 2.39. The maximum Gasteiger partial charge on any atom is 0.236 e. The van der Waals surface area contributed by atoms with Gasteiger partial charge in [-0.3, -0.25) is 4.90 Å². The third-order valence-electron chi connectivity index (χ3n) is 3.41. The molecule has 0 N–H and O–H groups in total. The minimum absolute atomic E-state index is 0.515. The zero-order valence-electron chi connectivity index (χ0n) is 10.0. The number of aliphatic imine (C=N–C) groups is 1. The van der Waals surface area contributed by atoms with E-state index in [1.807, 2.05) is 0 Å². The number of hydrogen-bond donors (Lipinski definition) is 0. The Morgan fingerprint density at radius 1 is 1.24 bits per heavy atom. The molecule has 1 saturated heterocycles. The van der Waals surface area contributed by atoms with Gasteiger partial charge in [0.05, 0.1) is 0 Å². The van der Waals surface area contributed by atoms with Crippen LogP contribution in [-0.4, -0.2) is 30.7 Å². The van der Waals surface area contributed by atoms with Crippen molar-refractivity contribution < 1.29 is 4.79 Å². The van der Waals surface area contributed by atoms with Crippen molar-refractivity contribution in [2.45, 2.75) is 19.3 Å². The molecule has 0 amide bonds. The molecule has 3 nitrogen and oxygen atoms in total. The van der Waals surface area contributed by atoms with E-state index in [0.29, 0.717) is 6.67 Å². The smallest absolute Gasteiger partial charge is 0.236 e. The molecule has 0 atom stereocenters. The third kappa shape index (κ3) is 3.81. The van der Waals surface area contributed by atoms with Gasteiger partial charge in [0.2, 0.25) is 6.08 Å². The largest absolute Gasteiger partial charge is 0.284 e. The molecule has 1 aliphatic heterocycles. The normalized spacial score (nSPS) is 17.6. The van der Waals surface area contributed by atoms with Gasteiger partial charge in [-0.15, -0.1) is 0 Å². The van der Waals surface area contributed by atoms with Crippen LogP contribution in [-0.2, 0) is 11.2 Å². The molecule has 0 bridgehead atoms. The molecule has 3 heteroatoms. The number of isocyanates is 1. The van der Waals surface area contributed by atoms with E-state index in [2.05, 4.69) is 40.2 Å². The fourth-order valence-corrected chi connectivity index (χ4v) is 2.41. The summed E-state index contributed by atoms with van der Waals surface area (Å²) in [5.74, 6) is 0.772. The molecule has 1 fully saturated rings. The molecule has 0 aromatic heterocycles. The molecule has 0 aliphatic carbocycles. The van der Waals surface area contributed by atoms with Gasteiger partial charge in [-0.25, -0.2) is 4.79 Å². The number of likely N-dealkylation sites (tertiary alicyclic amines) is 1. The Morgan fingerprint density at radius 2 is 1.94 bits per heavy atom. The van der Waals surface area contributed by atoms with Gasteiger partial charge in [0.1, 0.15) is 6.67 Å². The van der Waals surface area contributed by atoms with E-state index < -0.39 is 0 Å². The van der Waals surface area contributed by atoms with Crippen molar-refractivity contribution in [1.29, 1.82) is 0 Å². The first-order chi connectivity index (χ1) is 8.38. The Bertz CT molecular complexity index is 376. The second kappa shape index (κ2) is 6.33. The molecule has 1 aromatic carbocycles. The van der Waals surface area contributed by atoms with Crippen LogP contribution in [0.2, 0.25) is 0 Å². The number of benzene rings is 1. The van der Waals surface area contributed by atoms with Crippen LogP contribution >= 0.6 is 0 Å². The van der Waals surface area contributed by atoms with Crippen LogP contribution in [0, 0.1) is 5.92 Å². The fraction of sp³-hybridized carbons (Fsp3) is 0.500. The Hall–Kier alpha value is -1.44. The van der Waals surface area contributed by atoms with Crippen molar-refractivity contribution >= 4 is 6.08 Å². The molecule has 2 rings (SSSR count). The second-order valence-corrected chi connectivity index (χ2v) is 4.64. The first-order valence-corrected chi connectivity index (χ1v) is 6.18. The van der Waals surface area contributed by atoms with Crippen LogP contribution in [0.15, 0.2) is 35.3 Å². The lowest BCUT2D eigenvalue weighted by Gasteiger charge is -2.30. The summed E-state index contributed by atoms with van der Waals surface area (Å²) in [5, 5.41) is 0. The molecule has 1 heterocycles. The van der Waals surface area contributed by atoms with E-state index >= 15 is 0 Å². The summed E-state index contributed by atoms with van der Waals surface area (Å²) in [6, 6.07) is 10.7. The summed E-state index contributed by atoms with van der Waals surface area (Å²) < 4.78 is 0. The minimum atomic E-state index is 0.515. The zero-order valence-corrected chi connectivity index (χ0v) is 10.0.